The second-order valence-corrected chi connectivity index (χ2v) is 6.97. The van der Waals surface area contributed by atoms with Crippen LogP contribution >= 0.6 is 24.0 Å². The van der Waals surface area contributed by atoms with Gasteiger partial charge in [-0.25, -0.2) is 0 Å². The van der Waals surface area contributed by atoms with Crippen LogP contribution in [0.15, 0.2) is 39.7 Å². The quantitative estimate of drug-likeness (QED) is 0.276. The smallest absolute Gasteiger partial charge is 0.284 e. The van der Waals surface area contributed by atoms with Gasteiger partial charge in [0.15, 0.2) is 11.7 Å². The van der Waals surface area contributed by atoms with Crippen LogP contribution in [0, 0.1) is 6.92 Å². The summed E-state index contributed by atoms with van der Waals surface area (Å²) < 4.78 is 17.0. The molecule has 0 bridgehead atoms. The Morgan fingerprint density at radius 3 is 2.73 bits per heavy atom. The van der Waals surface area contributed by atoms with Crippen molar-refractivity contribution >= 4 is 35.8 Å². The van der Waals surface area contributed by atoms with Gasteiger partial charge in [-0.2, -0.15) is 0 Å². The molecule has 1 unspecified atom stereocenters. The predicted octanol–water partition coefficient (Wildman–Crippen LogP) is 2.73. The molecular weight excluding hydrogens is 499 g/mol. The second kappa shape index (κ2) is 11.8. The van der Waals surface area contributed by atoms with E-state index in [-0.39, 0.29) is 35.8 Å². The van der Waals surface area contributed by atoms with E-state index in [4.69, 9.17) is 19.6 Å². The van der Waals surface area contributed by atoms with Crippen LogP contribution in [0.5, 0.6) is 5.75 Å². The molecule has 2 heterocycles. The highest BCUT2D eigenvalue weighted by atomic mass is 127. The molecule has 0 saturated carbocycles. The number of carbonyl (C=O) groups is 1. The van der Waals surface area contributed by atoms with Crippen LogP contribution in [0.2, 0.25) is 0 Å². The Morgan fingerprint density at radius 1 is 1.27 bits per heavy atom. The molecule has 1 aliphatic heterocycles. The number of rotatable bonds is 8. The molecule has 1 fully saturated rings. The van der Waals surface area contributed by atoms with Gasteiger partial charge in [0.1, 0.15) is 18.1 Å². The number of furan rings is 1. The van der Waals surface area contributed by atoms with Gasteiger partial charge in [-0.1, -0.05) is 12.1 Å². The highest BCUT2D eigenvalue weighted by Gasteiger charge is 2.17. The molecule has 1 aromatic carbocycles. The number of benzene rings is 1. The molecule has 0 spiro atoms. The maximum atomic E-state index is 11.1. The normalized spacial score (nSPS) is 16.1. The summed E-state index contributed by atoms with van der Waals surface area (Å²) in [7, 11) is 1.69. The molecule has 1 aliphatic rings. The van der Waals surface area contributed by atoms with Crippen LogP contribution in [0.1, 0.15) is 40.3 Å². The summed E-state index contributed by atoms with van der Waals surface area (Å²) >= 11 is 0. The van der Waals surface area contributed by atoms with Crippen LogP contribution in [0.4, 0.5) is 0 Å². The van der Waals surface area contributed by atoms with Crippen LogP contribution in [-0.4, -0.2) is 38.2 Å². The summed E-state index contributed by atoms with van der Waals surface area (Å²) in [6.45, 7) is 4.34. The standard InChI is InChI=1S/C21H28N4O4.HI/c1-14-5-6-15(19(10-14)28-13-17-4-3-9-27-17)11-24-21(23-2)25-12-16-7-8-18(29-16)20(22)26;/h5-8,10,17H,3-4,9,11-13H2,1-2H3,(H2,22,26)(H2,23,24,25);1H. The Kier molecular flexibility index (Phi) is 9.44. The summed E-state index contributed by atoms with van der Waals surface area (Å²) in [6, 6.07) is 9.40. The van der Waals surface area contributed by atoms with Crippen LogP contribution in [0.3, 0.4) is 0 Å². The minimum atomic E-state index is -0.589. The highest BCUT2D eigenvalue weighted by molar-refractivity contribution is 14.0. The van der Waals surface area contributed by atoms with Crippen LogP contribution in [0.25, 0.3) is 0 Å². The lowest BCUT2D eigenvalue weighted by Crippen LogP contribution is -2.36. The van der Waals surface area contributed by atoms with Crippen molar-refractivity contribution in [2.24, 2.45) is 10.7 Å². The first kappa shape index (κ1) is 24.0. The van der Waals surface area contributed by atoms with E-state index in [9.17, 15) is 4.79 Å². The number of carbonyl (C=O) groups excluding carboxylic acids is 1. The van der Waals surface area contributed by atoms with Gasteiger partial charge in [0, 0.05) is 25.8 Å². The van der Waals surface area contributed by atoms with Crippen molar-refractivity contribution in [3.8, 4) is 5.75 Å². The molecule has 164 valence electrons. The third-order valence-corrected chi connectivity index (χ3v) is 4.68. The number of nitrogens with zero attached hydrogens (tertiary/aromatic N) is 1. The van der Waals surface area contributed by atoms with Crippen molar-refractivity contribution in [1.29, 1.82) is 0 Å². The van der Waals surface area contributed by atoms with Gasteiger partial charge in [0.2, 0.25) is 0 Å². The summed E-state index contributed by atoms with van der Waals surface area (Å²) in [6.07, 6.45) is 2.30. The van der Waals surface area contributed by atoms with Crippen molar-refractivity contribution in [2.45, 2.75) is 39.0 Å². The molecule has 1 atom stereocenters. The van der Waals surface area contributed by atoms with E-state index in [1.54, 1.807) is 19.2 Å². The number of primary amides is 1. The Morgan fingerprint density at radius 2 is 2.07 bits per heavy atom. The van der Waals surface area contributed by atoms with Crippen molar-refractivity contribution in [3.05, 3.63) is 53.0 Å². The maximum absolute atomic E-state index is 11.1. The van der Waals surface area contributed by atoms with Crippen molar-refractivity contribution in [2.75, 3.05) is 20.3 Å². The third-order valence-electron chi connectivity index (χ3n) is 4.68. The minimum Gasteiger partial charge on any atom is -0.491 e. The third kappa shape index (κ3) is 6.91. The van der Waals surface area contributed by atoms with Crippen LogP contribution in [-0.2, 0) is 17.8 Å². The maximum Gasteiger partial charge on any atom is 0.284 e. The number of nitrogens with two attached hydrogens (primary N) is 1. The fourth-order valence-electron chi connectivity index (χ4n) is 3.08. The lowest BCUT2D eigenvalue weighted by molar-refractivity contribution is 0.0676. The van der Waals surface area contributed by atoms with E-state index in [0.717, 1.165) is 36.3 Å². The fourth-order valence-corrected chi connectivity index (χ4v) is 3.08. The molecule has 30 heavy (non-hydrogen) atoms. The fraction of sp³-hybridized carbons (Fsp3) is 0.429. The first-order valence-electron chi connectivity index (χ1n) is 9.72. The monoisotopic (exact) mass is 528 g/mol. The molecule has 3 rings (SSSR count). The number of halogens is 1. The molecule has 8 nitrogen and oxygen atoms in total. The van der Waals surface area contributed by atoms with E-state index >= 15 is 0 Å². The molecule has 0 radical (unpaired) electrons. The van der Waals surface area contributed by atoms with Gasteiger partial charge in [0.25, 0.3) is 5.91 Å². The Hall–Kier alpha value is -2.27. The number of hydrogen-bond acceptors (Lipinski definition) is 5. The van der Waals surface area contributed by atoms with Gasteiger partial charge in [0.05, 0.1) is 12.6 Å². The number of aryl methyl sites for hydroxylation is 1. The van der Waals surface area contributed by atoms with E-state index < -0.39 is 5.91 Å². The highest BCUT2D eigenvalue weighted by Crippen LogP contribution is 2.22. The van der Waals surface area contributed by atoms with Gasteiger partial charge >= 0.3 is 0 Å². The lowest BCUT2D eigenvalue weighted by Gasteiger charge is -2.17. The largest absolute Gasteiger partial charge is 0.491 e. The van der Waals surface area contributed by atoms with E-state index in [1.807, 2.05) is 19.1 Å². The summed E-state index contributed by atoms with van der Waals surface area (Å²) in [5.41, 5.74) is 7.38. The molecule has 2 aromatic rings. The number of nitrogens with one attached hydrogen (secondary N) is 2. The molecule has 1 saturated heterocycles. The number of hydrogen-bond donors (Lipinski definition) is 3. The molecule has 4 N–H and O–H groups in total. The molecule has 0 aliphatic carbocycles. The molecular formula is C21H29IN4O4. The first-order chi connectivity index (χ1) is 14.0. The van der Waals surface area contributed by atoms with Gasteiger partial charge < -0.3 is 30.3 Å². The van der Waals surface area contributed by atoms with Gasteiger partial charge in [-0.05, 0) is 43.5 Å². The Labute approximate surface area is 193 Å². The van der Waals surface area contributed by atoms with Crippen molar-refractivity contribution < 1.29 is 18.7 Å². The topological polar surface area (TPSA) is 111 Å². The molecule has 9 heteroatoms. The SMILES string of the molecule is CN=C(NCc1ccc(C(N)=O)o1)NCc1ccc(C)cc1OCC1CCCO1.I. The van der Waals surface area contributed by atoms with Gasteiger partial charge in [-0.3, -0.25) is 9.79 Å². The Bertz CT molecular complexity index is 862. The lowest BCUT2D eigenvalue weighted by atomic mass is 10.1. The van der Waals surface area contributed by atoms with E-state index in [2.05, 4.69) is 21.7 Å². The van der Waals surface area contributed by atoms with E-state index in [0.29, 0.717) is 31.4 Å². The summed E-state index contributed by atoms with van der Waals surface area (Å²) in [4.78, 5) is 15.3. The second-order valence-electron chi connectivity index (χ2n) is 6.97. The minimum absolute atomic E-state index is 0. The number of aliphatic imine (C=N–C) groups is 1. The van der Waals surface area contributed by atoms with Crippen LogP contribution < -0.4 is 21.1 Å². The van der Waals surface area contributed by atoms with Crippen molar-refractivity contribution in [1.82, 2.24) is 10.6 Å². The van der Waals surface area contributed by atoms with Crippen molar-refractivity contribution in [3.63, 3.8) is 0 Å². The predicted molar refractivity (Wildman–Crippen MR) is 125 cm³/mol. The zero-order chi connectivity index (χ0) is 20.6. The molecule has 1 aromatic heterocycles. The average Bonchev–Trinajstić information content (AvgIpc) is 3.39. The number of ether oxygens (including phenoxy) is 2. The van der Waals surface area contributed by atoms with E-state index in [1.165, 1.54) is 0 Å². The zero-order valence-corrected chi connectivity index (χ0v) is 19.6. The first-order valence-corrected chi connectivity index (χ1v) is 9.72. The molecule has 1 amide bonds. The number of guanidine groups is 1. The zero-order valence-electron chi connectivity index (χ0n) is 17.3. The summed E-state index contributed by atoms with van der Waals surface area (Å²) in [5.74, 6) is 1.59. The van der Waals surface area contributed by atoms with Gasteiger partial charge in [-0.15, -0.1) is 24.0 Å². The average molecular weight is 528 g/mol. The number of amides is 1. The summed E-state index contributed by atoms with van der Waals surface area (Å²) in [5, 5.41) is 6.42. The Balaban J connectivity index is 0.00000320.